The Labute approximate surface area is 123 Å². The van der Waals surface area contributed by atoms with Crippen molar-refractivity contribution in [2.24, 2.45) is 0 Å². The maximum atomic E-state index is 11.5. The lowest BCUT2D eigenvalue weighted by molar-refractivity contribution is 0.0736. The first kappa shape index (κ1) is 15.4. The number of benzene rings is 1. The largest absolute Gasteiger partial charge is 0.358 e. The average Bonchev–Trinajstić information content (AvgIpc) is 2.36. The Morgan fingerprint density at radius 2 is 1.11 bits per heavy atom. The minimum Gasteiger partial charge on any atom is -0.343 e. The van der Waals surface area contributed by atoms with Gasteiger partial charge in [0, 0.05) is 0 Å². The molecule has 18 heavy (non-hydrogen) atoms. The maximum absolute atomic E-state index is 11.5. The summed E-state index contributed by atoms with van der Waals surface area (Å²) in [5.41, 5.74) is 0.764. The number of carbonyl (C=O) groups excluding carboxylic acids is 2. The zero-order chi connectivity index (χ0) is 14.0. The molecule has 0 atom stereocenters. The Morgan fingerprint density at radius 3 is 1.33 bits per heavy atom. The quantitative estimate of drug-likeness (QED) is 0.813. The van der Waals surface area contributed by atoms with Gasteiger partial charge in [0.15, 0.2) is 0 Å². The molecule has 98 valence electrons. The molecule has 0 fully saturated rings. The molecule has 0 saturated heterocycles. The summed E-state index contributed by atoms with van der Waals surface area (Å²) >= 11 is 21.8. The molecular formula is C10H6Cl4O4. The normalized spacial score (nSPS) is 10.1. The molecule has 0 heterocycles. The monoisotopic (exact) mass is 330 g/mol. The average molecular weight is 332 g/mol. The van der Waals surface area contributed by atoms with E-state index in [1.807, 2.05) is 0 Å². The summed E-state index contributed by atoms with van der Waals surface area (Å²) in [5, 5.41) is -0.301. The maximum Gasteiger partial charge on any atom is 0.358 e. The molecule has 0 aliphatic heterocycles. The van der Waals surface area contributed by atoms with Gasteiger partial charge in [-0.15, -0.1) is 0 Å². The van der Waals surface area contributed by atoms with Crippen LogP contribution in [-0.2, 0) is 8.58 Å². The fourth-order valence-electron chi connectivity index (χ4n) is 1.49. The summed E-state index contributed by atoms with van der Waals surface area (Å²) in [5.74, 6) is -1.73. The van der Waals surface area contributed by atoms with Gasteiger partial charge in [-0.3, -0.25) is 0 Å². The Morgan fingerprint density at radius 1 is 0.833 bits per heavy atom. The standard InChI is InChI=1S/C10H6Cl4O4/c1-3-4(2)6(10(16)18-14)8(12)7(11)5(3)9(15)17-13/h1-2H3. The van der Waals surface area contributed by atoms with E-state index in [1.165, 1.54) is 0 Å². The molecule has 4 nitrogen and oxygen atoms in total. The highest BCUT2D eigenvalue weighted by Gasteiger charge is 2.27. The van der Waals surface area contributed by atoms with E-state index in [9.17, 15) is 9.59 Å². The third kappa shape index (κ3) is 2.52. The molecule has 1 rings (SSSR count). The number of halogens is 4. The molecular weight excluding hydrogens is 326 g/mol. The van der Waals surface area contributed by atoms with E-state index >= 15 is 0 Å². The van der Waals surface area contributed by atoms with E-state index in [2.05, 4.69) is 8.58 Å². The van der Waals surface area contributed by atoms with E-state index in [4.69, 9.17) is 46.9 Å². The van der Waals surface area contributed by atoms with Crippen LogP contribution < -0.4 is 0 Å². The van der Waals surface area contributed by atoms with Crippen LogP contribution in [0.1, 0.15) is 31.8 Å². The van der Waals surface area contributed by atoms with Gasteiger partial charge in [-0.1, -0.05) is 23.2 Å². The minimum absolute atomic E-state index is 0.0136. The van der Waals surface area contributed by atoms with Crippen LogP contribution in [0, 0.1) is 13.8 Å². The molecule has 0 aliphatic carbocycles. The number of rotatable bonds is 2. The second-order valence-corrected chi connectivity index (χ2v) is 4.42. The van der Waals surface area contributed by atoms with Gasteiger partial charge in [-0.05, 0) is 25.0 Å². The van der Waals surface area contributed by atoms with Crippen molar-refractivity contribution in [3.05, 3.63) is 32.3 Å². The Bertz CT molecular complexity index is 451. The molecule has 0 amide bonds. The minimum atomic E-state index is -0.866. The van der Waals surface area contributed by atoms with E-state index in [0.717, 1.165) is 0 Å². The van der Waals surface area contributed by atoms with Crippen LogP contribution in [0.25, 0.3) is 0 Å². The summed E-state index contributed by atoms with van der Waals surface area (Å²) in [6, 6.07) is 0. The molecule has 0 saturated carbocycles. The zero-order valence-electron chi connectivity index (χ0n) is 9.14. The van der Waals surface area contributed by atoms with Gasteiger partial charge in [0.2, 0.25) is 0 Å². The van der Waals surface area contributed by atoms with Gasteiger partial charge >= 0.3 is 11.9 Å². The van der Waals surface area contributed by atoms with Crippen molar-refractivity contribution in [2.45, 2.75) is 13.8 Å². The van der Waals surface area contributed by atoms with Gasteiger partial charge in [0.1, 0.15) is 23.7 Å². The summed E-state index contributed by atoms with van der Waals surface area (Å²) in [6.45, 7) is 3.12. The number of carbonyl (C=O) groups is 2. The molecule has 8 heteroatoms. The molecule has 0 aliphatic rings. The summed E-state index contributed by atoms with van der Waals surface area (Å²) in [6.07, 6.45) is 0. The van der Waals surface area contributed by atoms with Crippen LogP contribution in [0.2, 0.25) is 10.0 Å². The second kappa shape index (κ2) is 5.97. The lowest BCUT2D eigenvalue weighted by Crippen LogP contribution is -2.11. The van der Waals surface area contributed by atoms with Crippen molar-refractivity contribution < 1.29 is 18.2 Å². The van der Waals surface area contributed by atoms with Crippen LogP contribution in [0.5, 0.6) is 0 Å². The lowest BCUT2D eigenvalue weighted by Gasteiger charge is -2.14. The van der Waals surface area contributed by atoms with Gasteiger partial charge in [0.05, 0.1) is 21.2 Å². The van der Waals surface area contributed by atoms with Crippen molar-refractivity contribution in [3.63, 3.8) is 0 Å². The highest BCUT2D eigenvalue weighted by molar-refractivity contribution is 6.46. The van der Waals surface area contributed by atoms with Gasteiger partial charge < -0.3 is 8.58 Å². The Balaban J connectivity index is 3.66. The van der Waals surface area contributed by atoms with Crippen LogP contribution in [0.15, 0.2) is 0 Å². The van der Waals surface area contributed by atoms with Crippen molar-refractivity contribution in [2.75, 3.05) is 0 Å². The van der Waals surface area contributed by atoms with Crippen molar-refractivity contribution in [3.8, 4) is 0 Å². The highest BCUT2D eigenvalue weighted by Crippen LogP contribution is 2.36. The van der Waals surface area contributed by atoms with E-state index in [1.54, 1.807) is 13.8 Å². The lowest BCUT2D eigenvalue weighted by atomic mass is 9.98. The Hall–Kier alpha value is -0.680. The summed E-state index contributed by atoms with van der Waals surface area (Å²) < 4.78 is 8.17. The highest BCUT2D eigenvalue weighted by atomic mass is 35.5. The second-order valence-electron chi connectivity index (χ2n) is 3.36. The van der Waals surface area contributed by atoms with E-state index < -0.39 is 11.9 Å². The first-order valence-electron chi connectivity index (χ1n) is 4.50. The van der Waals surface area contributed by atoms with Crippen molar-refractivity contribution in [1.29, 1.82) is 0 Å². The molecule has 0 bridgehead atoms. The predicted molar refractivity (Wildman–Crippen MR) is 68.5 cm³/mol. The van der Waals surface area contributed by atoms with Crippen molar-refractivity contribution >= 4 is 58.9 Å². The third-order valence-electron chi connectivity index (χ3n) is 2.49. The smallest absolute Gasteiger partial charge is 0.343 e. The first-order valence-corrected chi connectivity index (χ1v) is 5.88. The van der Waals surface area contributed by atoms with Crippen LogP contribution in [-0.4, -0.2) is 11.9 Å². The third-order valence-corrected chi connectivity index (χ3v) is 3.63. The molecule has 1 aromatic rings. The van der Waals surface area contributed by atoms with E-state index in [-0.39, 0.29) is 21.2 Å². The van der Waals surface area contributed by atoms with E-state index in [0.29, 0.717) is 11.1 Å². The van der Waals surface area contributed by atoms with Crippen LogP contribution in [0.3, 0.4) is 0 Å². The molecule has 0 unspecified atom stereocenters. The predicted octanol–water partition coefficient (Wildman–Crippen LogP) is 4.23. The molecule has 0 radical (unpaired) electrons. The molecule has 0 N–H and O–H groups in total. The topological polar surface area (TPSA) is 52.6 Å². The van der Waals surface area contributed by atoms with Gasteiger partial charge in [-0.25, -0.2) is 9.59 Å². The summed E-state index contributed by atoms with van der Waals surface area (Å²) in [4.78, 5) is 22.9. The SMILES string of the molecule is Cc1c(C)c(C(=O)OCl)c(Cl)c(Cl)c1C(=O)OCl. The number of hydrogen-bond acceptors (Lipinski definition) is 4. The van der Waals surface area contributed by atoms with Crippen LogP contribution in [0.4, 0.5) is 0 Å². The number of hydrogen-bond donors (Lipinski definition) is 0. The molecule has 1 aromatic carbocycles. The summed E-state index contributed by atoms with van der Waals surface area (Å²) in [7, 11) is 0. The molecule has 0 spiro atoms. The van der Waals surface area contributed by atoms with Gasteiger partial charge in [-0.2, -0.15) is 0 Å². The fourth-order valence-corrected chi connectivity index (χ4v) is 2.27. The van der Waals surface area contributed by atoms with Crippen LogP contribution >= 0.6 is 46.9 Å². The molecule has 0 aromatic heterocycles. The zero-order valence-corrected chi connectivity index (χ0v) is 12.2. The fraction of sp³-hybridized carbons (Fsp3) is 0.200. The van der Waals surface area contributed by atoms with Crippen molar-refractivity contribution in [1.82, 2.24) is 0 Å². The first-order chi connectivity index (χ1) is 8.36. The van der Waals surface area contributed by atoms with Gasteiger partial charge in [0.25, 0.3) is 0 Å². The Kier molecular flexibility index (Phi) is 5.10.